The summed E-state index contributed by atoms with van der Waals surface area (Å²) in [5, 5.41) is 10.5. The Bertz CT molecular complexity index is 3980. The minimum atomic E-state index is -0.268. The molecule has 1 heteroatoms. The summed E-state index contributed by atoms with van der Waals surface area (Å²) < 4.78 is 0. The van der Waals surface area contributed by atoms with E-state index in [4.69, 9.17) is 0 Å². The van der Waals surface area contributed by atoms with Gasteiger partial charge in [-0.3, -0.25) is 0 Å². The number of rotatable bonds is 4. The van der Waals surface area contributed by atoms with Gasteiger partial charge in [-0.15, -0.1) is 0 Å². The lowest BCUT2D eigenvalue weighted by atomic mass is 9.79. The van der Waals surface area contributed by atoms with Crippen LogP contribution in [0.1, 0.15) is 74.9 Å². The third-order valence-corrected chi connectivity index (χ3v) is 16.6. The Morgan fingerprint density at radius 3 is 1.43 bits per heavy atom. The van der Waals surface area contributed by atoms with Gasteiger partial charge in [0.1, 0.15) is 0 Å². The van der Waals surface area contributed by atoms with Gasteiger partial charge in [0.2, 0.25) is 0 Å². The van der Waals surface area contributed by atoms with Crippen LogP contribution in [0.15, 0.2) is 200 Å². The Kier molecular flexibility index (Phi) is 7.93. The van der Waals surface area contributed by atoms with E-state index in [0.29, 0.717) is 0 Å². The largest absolute Gasteiger partial charge is 0.310 e. The monoisotopic (exact) mass is 869 g/mol. The molecule has 0 unspecified atom stereocenters. The molecule has 0 N–H and O–H groups in total. The van der Waals surface area contributed by atoms with Crippen molar-refractivity contribution < 1.29 is 0 Å². The summed E-state index contributed by atoms with van der Waals surface area (Å²) in [5.41, 5.74) is 21.8. The van der Waals surface area contributed by atoms with E-state index in [0.717, 1.165) is 5.69 Å². The molecule has 0 radical (unpaired) electrons. The van der Waals surface area contributed by atoms with Crippen LogP contribution in [0.4, 0.5) is 17.1 Å². The van der Waals surface area contributed by atoms with Gasteiger partial charge in [-0.05, 0) is 170 Å². The average Bonchev–Trinajstić information content (AvgIpc) is 3.84. The van der Waals surface area contributed by atoms with Crippen molar-refractivity contribution in [2.24, 2.45) is 0 Å². The van der Waals surface area contributed by atoms with E-state index in [1.807, 2.05) is 0 Å². The highest BCUT2D eigenvalue weighted by molar-refractivity contribution is 6.26. The Balaban J connectivity index is 0.980. The van der Waals surface area contributed by atoms with Crippen LogP contribution in [0.3, 0.4) is 0 Å². The summed E-state index contributed by atoms with van der Waals surface area (Å²) >= 11 is 0. The van der Waals surface area contributed by atoms with Gasteiger partial charge in [-0.25, -0.2) is 0 Å². The second kappa shape index (κ2) is 13.7. The number of benzene rings is 11. The molecule has 1 nitrogen and oxygen atoms in total. The molecule has 0 spiro atoms. The molecule has 0 fully saturated rings. The van der Waals surface area contributed by atoms with Gasteiger partial charge in [0.15, 0.2) is 0 Å². The fourth-order valence-corrected chi connectivity index (χ4v) is 13.1. The van der Waals surface area contributed by atoms with Gasteiger partial charge in [0, 0.05) is 33.0 Å². The highest BCUT2D eigenvalue weighted by atomic mass is 15.1. The Morgan fingerprint density at radius 2 is 0.721 bits per heavy atom. The van der Waals surface area contributed by atoms with E-state index < -0.39 is 0 Å². The summed E-state index contributed by atoms with van der Waals surface area (Å²) in [7, 11) is 0. The van der Waals surface area contributed by atoms with Crippen molar-refractivity contribution in [3.63, 3.8) is 0 Å². The van der Waals surface area contributed by atoms with Crippen LogP contribution < -0.4 is 4.90 Å². The zero-order valence-electron chi connectivity index (χ0n) is 39.5. The smallest absolute Gasteiger partial charge is 0.0543 e. The van der Waals surface area contributed by atoms with E-state index in [-0.39, 0.29) is 16.2 Å². The van der Waals surface area contributed by atoms with Crippen LogP contribution in [-0.4, -0.2) is 0 Å². The van der Waals surface area contributed by atoms with Gasteiger partial charge < -0.3 is 4.90 Å². The number of fused-ring (bicyclic) bond motifs is 17. The summed E-state index contributed by atoms with van der Waals surface area (Å²) in [5.74, 6) is 0. The predicted molar refractivity (Wildman–Crippen MR) is 289 cm³/mol. The maximum atomic E-state index is 2.59. The lowest BCUT2D eigenvalue weighted by molar-refractivity contribution is 0.652. The third kappa shape index (κ3) is 5.22. The molecule has 14 rings (SSSR count). The maximum Gasteiger partial charge on any atom is 0.0543 e. The molecule has 0 aliphatic heterocycles. The average molecular weight is 870 g/mol. The quantitative estimate of drug-likeness (QED) is 0.159. The molecule has 11 aromatic carbocycles. The first-order valence-electron chi connectivity index (χ1n) is 24.3. The predicted octanol–water partition coefficient (Wildman–Crippen LogP) is 18.4. The number of nitrogens with zero attached hydrogens (tertiary/aromatic N) is 1. The molecular formula is C67H51N. The van der Waals surface area contributed by atoms with Crippen molar-refractivity contribution in [3.8, 4) is 44.5 Å². The van der Waals surface area contributed by atoms with E-state index in [2.05, 4.69) is 247 Å². The second-order valence-electron chi connectivity index (χ2n) is 21.2. The topological polar surface area (TPSA) is 3.24 Å². The summed E-state index contributed by atoms with van der Waals surface area (Å²) in [6.07, 6.45) is 0. The van der Waals surface area contributed by atoms with E-state index in [9.17, 15) is 0 Å². The van der Waals surface area contributed by atoms with Crippen molar-refractivity contribution in [1.82, 2.24) is 0 Å². The fraction of sp³-hybridized carbons (Fsp3) is 0.134. The van der Waals surface area contributed by atoms with Gasteiger partial charge in [0.25, 0.3) is 0 Å². The first-order valence-corrected chi connectivity index (χ1v) is 24.3. The molecule has 11 aromatic rings. The molecule has 0 saturated heterocycles. The molecule has 0 heterocycles. The van der Waals surface area contributed by atoms with Crippen molar-refractivity contribution >= 4 is 60.2 Å². The van der Waals surface area contributed by atoms with Crippen LogP contribution in [0.2, 0.25) is 0 Å². The third-order valence-electron chi connectivity index (χ3n) is 16.6. The molecule has 3 aliphatic rings. The van der Waals surface area contributed by atoms with Gasteiger partial charge >= 0.3 is 0 Å². The Labute approximate surface area is 399 Å². The number of anilines is 3. The summed E-state index contributed by atoms with van der Waals surface area (Å²) in [4.78, 5) is 2.54. The zero-order valence-corrected chi connectivity index (χ0v) is 39.5. The molecule has 0 saturated carbocycles. The molecule has 324 valence electrons. The Hall–Kier alpha value is -7.74. The highest BCUT2D eigenvalue weighted by Gasteiger charge is 2.43. The van der Waals surface area contributed by atoms with Crippen molar-refractivity contribution in [2.75, 3.05) is 4.90 Å². The SMILES string of the molecule is CC1(C)c2ccccc2-c2ccc(N(c3ccc(-c4ccccc4)cc3)c3cc4c(c5ccccc35)-c3cc5c(cc3C4(C)C)-c3cc4c6ccccc6c6ccccc6c4cc3C5(C)C)cc21. The van der Waals surface area contributed by atoms with Crippen LogP contribution in [0, 0.1) is 0 Å². The Morgan fingerprint density at radius 1 is 0.265 bits per heavy atom. The van der Waals surface area contributed by atoms with E-state index >= 15 is 0 Å². The van der Waals surface area contributed by atoms with E-state index in [1.165, 1.54) is 132 Å². The minimum Gasteiger partial charge on any atom is -0.310 e. The molecule has 0 bridgehead atoms. The number of hydrogen-bond donors (Lipinski definition) is 0. The molecule has 0 atom stereocenters. The lowest BCUT2D eigenvalue weighted by Gasteiger charge is -2.31. The van der Waals surface area contributed by atoms with Crippen LogP contribution in [-0.2, 0) is 16.2 Å². The van der Waals surface area contributed by atoms with Crippen molar-refractivity contribution in [2.45, 2.75) is 57.8 Å². The molecule has 0 amide bonds. The van der Waals surface area contributed by atoms with Crippen molar-refractivity contribution in [1.29, 1.82) is 0 Å². The normalized spacial score (nSPS) is 15.3. The van der Waals surface area contributed by atoms with Crippen LogP contribution in [0.5, 0.6) is 0 Å². The first-order chi connectivity index (χ1) is 33.0. The van der Waals surface area contributed by atoms with Crippen LogP contribution >= 0.6 is 0 Å². The second-order valence-corrected chi connectivity index (χ2v) is 21.2. The van der Waals surface area contributed by atoms with E-state index in [1.54, 1.807) is 0 Å². The maximum absolute atomic E-state index is 2.59. The van der Waals surface area contributed by atoms with Gasteiger partial charge in [-0.1, -0.05) is 187 Å². The highest BCUT2D eigenvalue weighted by Crippen LogP contribution is 2.60. The van der Waals surface area contributed by atoms with Crippen molar-refractivity contribution in [3.05, 3.63) is 234 Å². The molecule has 0 aromatic heterocycles. The summed E-state index contributed by atoms with van der Waals surface area (Å²) in [6, 6.07) is 76.0. The summed E-state index contributed by atoms with van der Waals surface area (Å²) in [6.45, 7) is 14.6. The number of hydrogen-bond acceptors (Lipinski definition) is 1. The van der Waals surface area contributed by atoms with Gasteiger partial charge in [-0.2, -0.15) is 0 Å². The molecular weight excluding hydrogens is 819 g/mol. The minimum absolute atomic E-state index is 0.131. The van der Waals surface area contributed by atoms with Crippen LogP contribution in [0.25, 0.3) is 87.6 Å². The molecule has 68 heavy (non-hydrogen) atoms. The van der Waals surface area contributed by atoms with Gasteiger partial charge in [0.05, 0.1) is 5.69 Å². The standard InChI is InChI=1S/C67H51N/c1-65(2)57-27-17-16-24-48(57)49-33-32-43(34-58(49)65)68(42-30-28-41(29-31-42)40-18-8-7-9-19-40)63-39-62-64(51-26-15-14-25-50(51)63)56-38-60-55(37-61(56)67(62,5)6)54-35-52-46-22-12-10-20-44(46)45-21-11-13-23-47(45)53(52)36-59(54)66(60,3)4/h7-39H,1-6H3. The molecule has 3 aliphatic carbocycles. The fourth-order valence-electron chi connectivity index (χ4n) is 13.1. The zero-order chi connectivity index (χ0) is 45.8. The first kappa shape index (κ1) is 39.4. The lowest BCUT2D eigenvalue weighted by Crippen LogP contribution is -2.18.